The minimum Gasteiger partial charge on any atom is -0.207 e. The number of rotatable bonds is 4. The summed E-state index contributed by atoms with van der Waals surface area (Å²) in [6.45, 7) is 1.44. The van der Waals surface area contributed by atoms with Crippen LogP contribution in [0.2, 0.25) is 0 Å². The third-order valence-corrected chi connectivity index (χ3v) is 9.03. The summed E-state index contributed by atoms with van der Waals surface area (Å²) >= 11 is 0. The Morgan fingerprint density at radius 1 is 0.741 bits per heavy atom. The van der Waals surface area contributed by atoms with E-state index < -0.39 is 20.2 Å². The van der Waals surface area contributed by atoms with Crippen LogP contribution in [0.3, 0.4) is 0 Å². The van der Waals surface area contributed by atoms with Crippen LogP contribution in [-0.2, 0) is 20.2 Å². The zero-order valence-corrected chi connectivity index (χ0v) is 16.8. The fourth-order valence-electron chi connectivity index (χ4n) is 3.50. The van der Waals surface area contributed by atoms with Crippen LogP contribution in [0.1, 0.15) is 31.2 Å². The lowest BCUT2D eigenvalue weighted by Gasteiger charge is -2.36. The van der Waals surface area contributed by atoms with E-state index in [1.54, 1.807) is 12.1 Å². The fourth-order valence-corrected chi connectivity index (χ4v) is 6.73. The van der Waals surface area contributed by atoms with Gasteiger partial charge in [-0.25, -0.2) is 8.42 Å². The molecule has 10 heteroatoms. The molecule has 0 bridgehead atoms. The SMILES string of the molecule is N#Cc1ccccc1S(=O)(=O)N1CCN(S(=O)(=O)N2CCCCCC2)CC1. The standard InChI is InChI=1S/C17H24N4O4S2/c18-15-16-7-3-4-8-17(16)26(22,23)19-11-13-21(14-12-19)27(24,25)20-9-5-1-2-6-10-20/h3-4,7-8H,1-2,5-6,9-14H2. The number of piperazine rings is 1. The van der Waals surface area contributed by atoms with Gasteiger partial charge in [-0.3, -0.25) is 0 Å². The number of sulfonamides is 1. The van der Waals surface area contributed by atoms with E-state index in [0.29, 0.717) is 13.1 Å². The van der Waals surface area contributed by atoms with Crippen LogP contribution in [0.4, 0.5) is 0 Å². The molecule has 2 aliphatic rings. The van der Waals surface area contributed by atoms with Crippen molar-refractivity contribution in [3.8, 4) is 6.07 Å². The predicted molar refractivity (Wildman–Crippen MR) is 100 cm³/mol. The molecule has 0 spiro atoms. The summed E-state index contributed by atoms with van der Waals surface area (Å²) in [6, 6.07) is 7.97. The normalized spacial score (nSPS) is 21.4. The molecular formula is C17H24N4O4S2. The Morgan fingerprint density at radius 3 is 1.85 bits per heavy atom. The first-order chi connectivity index (χ1) is 12.9. The summed E-state index contributed by atoms with van der Waals surface area (Å²) < 4.78 is 55.6. The lowest BCUT2D eigenvalue weighted by atomic mass is 10.2. The maximum atomic E-state index is 12.9. The summed E-state index contributed by atoms with van der Waals surface area (Å²) in [5.41, 5.74) is 0.0946. The van der Waals surface area contributed by atoms with Crippen LogP contribution in [-0.4, -0.2) is 69.0 Å². The van der Waals surface area contributed by atoms with Crippen molar-refractivity contribution in [1.29, 1.82) is 5.26 Å². The summed E-state index contributed by atoms with van der Waals surface area (Å²) in [6.07, 6.45) is 3.80. The largest absolute Gasteiger partial charge is 0.282 e. The Hall–Kier alpha value is -1.51. The molecule has 8 nitrogen and oxygen atoms in total. The number of hydrogen-bond acceptors (Lipinski definition) is 5. The second kappa shape index (κ2) is 8.24. The van der Waals surface area contributed by atoms with Crippen molar-refractivity contribution >= 4 is 20.2 Å². The fraction of sp³-hybridized carbons (Fsp3) is 0.588. The zero-order chi connectivity index (χ0) is 19.5. The maximum Gasteiger partial charge on any atom is 0.282 e. The predicted octanol–water partition coefficient (Wildman–Crippen LogP) is 0.985. The number of benzene rings is 1. The number of nitriles is 1. The molecule has 0 aromatic heterocycles. The van der Waals surface area contributed by atoms with E-state index in [2.05, 4.69) is 0 Å². The van der Waals surface area contributed by atoms with Crippen LogP contribution in [0.25, 0.3) is 0 Å². The summed E-state index contributed by atoms with van der Waals surface area (Å²) in [5.74, 6) is 0. The molecule has 0 aliphatic carbocycles. The van der Waals surface area contributed by atoms with E-state index in [4.69, 9.17) is 0 Å². The van der Waals surface area contributed by atoms with Crippen molar-refractivity contribution in [3.63, 3.8) is 0 Å². The number of hydrogen-bond donors (Lipinski definition) is 0. The minimum atomic E-state index is -3.83. The Bertz CT molecular complexity index is 908. The molecule has 0 unspecified atom stereocenters. The van der Waals surface area contributed by atoms with Crippen LogP contribution in [0.15, 0.2) is 29.2 Å². The molecule has 0 N–H and O–H groups in total. The third kappa shape index (κ3) is 4.17. The van der Waals surface area contributed by atoms with Gasteiger partial charge in [0.05, 0.1) is 10.5 Å². The number of nitrogens with zero attached hydrogens (tertiary/aromatic N) is 4. The van der Waals surface area contributed by atoms with Crippen molar-refractivity contribution in [2.24, 2.45) is 0 Å². The molecule has 27 heavy (non-hydrogen) atoms. The maximum absolute atomic E-state index is 12.9. The van der Waals surface area contributed by atoms with Crippen LogP contribution in [0.5, 0.6) is 0 Å². The molecule has 0 radical (unpaired) electrons. The van der Waals surface area contributed by atoms with Gasteiger partial charge in [0.1, 0.15) is 6.07 Å². The zero-order valence-electron chi connectivity index (χ0n) is 15.1. The van der Waals surface area contributed by atoms with E-state index in [0.717, 1.165) is 25.7 Å². The highest BCUT2D eigenvalue weighted by molar-refractivity contribution is 7.89. The average Bonchev–Trinajstić information content (AvgIpc) is 2.98. The Balaban J connectivity index is 1.72. The monoisotopic (exact) mass is 412 g/mol. The molecule has 2 saturated heterocycles. The minimum absolute atomic E-state index is 0.0312. The molecule has 0 atom stereocenters. The van der Waals surface area contributed by atoms with Crippen molar-refractivity contribution < 1.29 is 16.8 Å². The molecule has 3 rings (SSSR count). The molecule has 148 valence electrons. The quantitative estimate of drug-likeness (QED) is 0.734. The van der Waals surface area contributed by atoms with Gasteiger partial charge in [0.25, 0.3) is 10.2 Å². The summed E-state index contributed by atoms with van der Waals surface area (Å²) in [7, 11) is -7.39. The second-order valence-corrected chi connectivity index (χ2v) is 10.6. The van der Waals surface area contributed by atoms with Crippen molar-refractivity contribution in [2.45, 2.75) is 30.6 Å². The molecular weight excluding hydrogens is 388 g/mol. The molecule has 2 heterocycles. The van der Waals surface area contributed by atoms with Gasteiger partial charge in [-0.15, -0.1) is 0 Å². The molecule has 0 amide bonds. The van der Waals surface area contributed by atoms with Crippen molar-refractivity contribution in [3.05, 3.63) is 29.8 Å². The highest BCUT2D eigenvalue weighted by Crippen LogP contribution is 2.23. The van der Waals surface area contributed by atoms with Gasteiger partial charge in [-0.1, -0.05) is 25.0 Å². The first-order valence-corrected chi connectivity index (χ1v) is 12.0. The van der Waals surface area contributed by atoms with Gasteiger partial charge < -0.3 is 0 Å². The molecule has 1 aromatic rings. The lowest BCUT2D eigenvalue weighted by Crippen LogP contribution is -2.54. The van der Waals surface area contributed by atoms with Gasteiger partial charge in [0.15, 0.2) is 0 Å². The Kier molecular flexibility index (Phi) is 6.18. The van der Waals surface area contributed by atoms with Gasteiger partial charge in [-0.05, 0) is 25.0 Å². The Morgan fingerprint density at radius 2 is 1.26 bits per heavy atom. The van der Waals surface area contributed by atoms with E-state index >= 15 is 0 Å². The highest BCUT2D eigenvalue weighted by Gasteiger charge is 2.36. The average molecular weight is 413 g/mol. The van der Waals surface area contributed by atoms with Crippen LogP contribution in [0, 0.1) is 11.3 Å². The second-order valence-electron chi connectivity index (χ2n) is 6.73. The van der Waals surface area contributed by atoms with Gasteiger partial charge in [0.2, 0.25) is 10.0 Å². The van der Waals surface area contributed by atoms with E-state index in [-0.39, 0.29) is 36.6 Å². The Labute approximate surface area is 161 Å². The first kappa shape index (κ1) is 20.2. The summed E-state index contributed by atoms with van der Waals surface area (Å²) in [4.78, 5) is -0.0312. The molecule has 2 aliphatic heterocycles. The van der Waals surface area contributed by atoms with Gasteiger partial charge in [0, 0.05) is 39.3 Å². The van der Waals surface area contributed by atoms with E-state index in [1.807, 2.05) is 6.07 Å². The first-order valence-electron chi connectivity index (χ1n) is 9.12. The van der Waals surface area contributed by atoms with E-state index in [1.165, 1.54) is 25.0 Å². The smallest absolute Gasteiger partial charge is 0.207 e. The van der Waals surface area contributed by atoms with Gasteiger partial charge >= 0.3 is 0 Å². The van der Waals surface area contributed by atoms with Crippen LogP contribution < -0.4 is 0 Å². The van der Waals surface area contributed by atoms with Crippen molar-refractivity contribution in [2.75, 3.05) is 39.3 Å². The highest BCUT2D eigenvalue weighted by atomic mass is 32.2. The topological polar surface area (TPSA) is 102 Å². The molecule has 1 aromatic carbocycles. The summed E-state index contributed by atoms with van der Waals surface area (Å²) in [5, 5.41) is 9.17. The van der Waals surface area contributed by atoms with Gasteiger partial charge in [-0.2, -0.15) is 26.6 Å². The molecule has 2 fully saturated rings. The third-order valence-electron chi connectivity index (χ3n) is 5.04. The van der Waals surface area contributed by atoms with E-state index in [9.17, 15) is 22.1 Å². The lowest BCUT2D eigenvalue weighted by molar-refractivity contribution is 0.254. The van der Waals surface area contributed by atoms with Crippen molar-refractivity contribution in [1.82, 2.24) is 12.9 Å². The molecule has 0 saturated carbocycles. The van der Waals surface area contributed by atoms with Crippen LogP contribution >= 0.6 is 0 Å².